The predicted molar refractivity (Wildman–Crippen MR) is 143 cm³/mol. The molecule has 0 bridgehead atoms. The first-order valence-corrected chi connectivity index (χ1v) is 12.7. The number of halogens is 1. The van der Waals surface area contributed by atoms with Crippen LogP contribution >= 0.6 is 0 Å². The van der Waals surface area contributed by atoms with E-state index in [9.17, 15) is 23.6 Å². The van der Waals surface area contributed by atoms with Crippen LogP contribution in [0.15, 0.2) is 34.3 Å². The van der Waals surface area contributed by atoms with Gasteiger partial charge in [0, 0.05) is 18.7 Å². The van der Waals surface area contributed by atoms with E-state index in [1.807, 2.05) is 6.07 Å². The molecule has 38 heavy (non-hydrogen) atoms. The van der Waals surface area contributed by atoms with Crippen LogP contribution in [-0.2, 0) is 20.9 Å². The molecule has 1 aliphatic heterocycles. The van der Waals surface area contributed by atoms with Crippen molar-refractivity contribution >= 4 is 36.2 Å². The lowest BCUT2D eigenvalue weighted by atomic mass is 10.0. The average molecular weight is 532 g/mol. The maximum absolute atomic E-state index is 13.5. The molecule has 1 heterocycles. The Kier molecular flexibility index (Phi) is 11.8. The van der Waals surface area contributed by atoms with Crippen LogP contribution in [0.1, 0.15) is 55.5 Å². The molecule has 1 aromatic carbocycles. The number of nitrogens with one attached hydrogen (secondary N) is 2. The van der Waals surface area contributed by atoms with Crippen LogP contribution in [0.4, 0.5) is 4.39 Å². The number of rotatable bonds is 14. The number of carbonyl (C=O) groups excluding carboxylic acids is 4. The first-order valence-electron chi connectivity index (χ1n) is 12.7. The topological polar surface area (TPSA) is 172 Å². The third-order valence-corrected chi connectivity index (χ3v) is 6.32. The van der Waals surface area contributed by atoms with Gasteiger partial charge in [0.05, 0.1) is 12.6 Å². The lowest BCUT2D eigenvalue weighted by molar-refractivity contribution is -0.141. The molecule has 0 spiro atoms. The monoisotopic (exact) mass is 531 g/mol. The summed E-state index contributed by atoms with van der Waals surface area (Å²) < 4.78 is 13.1. The number of hydrogen-bond donors (Lipinski definition) is 4. The van der Waals surface area contributed by atoms with Crippen molar-refractivity contribution in [3.8, 4) is 0 Å². The molecule has 0 aromatic heterocycles. The molecular weight excluding hydrogens is 493 g/mol. The fourth-order valence-corrected chi connectivity index (χ4v) is 4.34. The number of aliphatic imine (C=N–C) groups is 2. The normalized spacial score (nSPS) is 16.4. The summed E-state index contributed by atoms with van der Waals surface area (Å²) in [7, 11) is 0. The second kappa shape index (κ2) is 14.8. The quantitative estimate of drug-likeness (QED) is 0.156. The van der Waals surface area contributed by atoms with Gasteiger partial charge in [-0.2, -0.15) is 0 Å². The number of nitrogens with zero attached hydrogens (tertiary/aromatic N) is 3. The Morgan fingerprint density at radius 2 is 1.95 bits per heavy atom. The minimum absolute atomic E-state index is 0.101. The molecule has 1 aliphatic rings. The summed E-state index contributed by atoms with van der Waals surface area (Å²) in [5.41, 5.74) is 11.8. The van der Waals surface area contributed by atoms with E-state index in [1.165, 1.54) is 4.90 Å². The summed E-state index contributed by atoms with van der Waals surface area (Å²) in [5.74, 6) is -2.47. The largest absolute Gasteiger partial charge is 0.370 e. The van der Waals surface area contributed by atoms with Gasteiger partial charge in [0.15, 0.2) is 11.7 Å². The summed E-state index contributed by atoms with van der Waals surface area (Å²) >= 11 is 0. The number of benzene rings is 1. The van der Waals surface area contributed by atoms with Crippen molar-refractivity contribution < 1.29 is 23.6 Å². The second-order valence-corrected chi connectivity index (χ2v) is 9.58. The Balaban J connectivity index is 2.12. The highest BCUT2D eigenvalue weighted by atomic mass is 19.1. The van der Waals surface area contributed by atoms with Gasteiger partial charge >= 0.3 is 0 Å². The van der Waals surface area contributed by atoms with Gasteiger partial charge in [0.25, 0.3) is 5.91 Å². The van der Waals surface area contributed by atoms with Gasteiger partial charge in [-0.25, -0.2) is 4.39 Å². The molecule has 11 nitrogen and oxygen atoms in total. The van der Waals surface area contributed by atoms with Crippen LogP contribution in [0.25, 0.3) is 0 Å². The molecule has 3 amide bonds. The number of ketones is 1. The molecule has 1 aromatic rings. The number of alkyl halides is 1. The van der Waals surface area contributed by atoms with Crippen LogP contribution < -0.4 is 22.1 Å². The molecule has 6 N–H and O–H groups in total. The summed E-state index contributed by atoms with van der Waals surface area (Å²) in [4.78, 5) is 60.8. The van der Waals surface area contributed by atoms with Gasteiger partial charge in [-0.15, -0.1) is 0 Å². The fraction of sp³-hybridized carbons (Fsp3) is 0.538. The van der Waals surface area contributed by atoms with Gasteiger partial charge in [-0.1, -0.05) is 26.0 Å². The zero-order valence-electron chi connectivity index (χ0n) is 22.0. The fourth-order valence-electron chi connectivity index (χ4n) is 4.34. The van der Waals surface area contributed by atoms with Gasteiger partial charge < -0.3 is 27.0 Å². The van der Waals surface area contributed by atoms with E-state index in [-0.39, 0.29) is 24.8 Å². The van der Waals surface area contributed by atoms with Crippen LogP contribution in [0.3, 0.4) is 0 Å². The zero-order valence-corrected chi connectivity index (χ0v) is 22.0. The number of nitrogens with two attached hydrogens (primary N) is 2. The molecule has 1 fully saturated rings. The van der Waals surface area contributed by atoms with E-state index in [1.54, 1.807) is 32.0 Å². The number of likely N-dealkylation sites (tertiary alicyclic amines) is 1. The summed E-state index contributed by atoms with van der Waals surface area (Å²) in [5, 5.41) is 5.41. The van der Waals surface area contributed by atoms with Crippen molar-refractivity contribution in [1.29, 1.82) is 0 Å². The minimum atomic E-state index is -1.23. The van der Waals surface area contributed by atoms with Crippen LogP contribution in [0.5, 0.6) is 0 Å². The highest BCUT2D eigenvalue weighted by molar-refractivity contribution is 5.99. The van der Waals surface area contributed by atoms with E-state index >= 15 is 0 Å². The molecule has 3 atom stereocenters. The highest BCUT2D eigenvalue weighted by Crippen LogP contribution is 2.21. The van der Waals surface area contributed by atoms with Crippen LogP contribution in [-0.4, -0.2) is 79.0 Å². The third-order valence-electron chi connectivity index (χ3n) is 6.32. The van der Waals surface area contributed by atoms with Crippen LogP contribution in [0, 0.1) is 5.92 Å². The van der Waals surface area contributed by atoms with E-state index in [4.69, 9.17) is 11.5 Å². The second-order valence-electron chi connectivity index (χ2n) is 9.58. The van der Waals surface area contributed by atoms with E-state index < -0.39 is 48.3 Å². The van der Waals surface area contributed by atoms with Crippen molar-refractivity contribution in [1.82, 2.24) is 15.5 Å². The smallest absolute Gasteiger partial charge is 0.251 e. The van der Waals surface area contributed by atoms with Crippen LogP contribution in [0.2, 0.25) is 0 Å². The van der Waals surface area contributed by atoms with Crippen molar-refractivity contribution in [3.05, 3.63) is 35.4 Å². The molecule has 0 unspecified atom stereocenters. The standard InChI is InChI=1S/C26H38FN7O4/c1-16(2)22(33-23(36)18-8-4-7-17(13-18)15-30-3)25(38)34-12-6-10-20(34)24(37)32-19(21(35)14-27)9-5-11-31-26(28)29/h4,7-8,13,16,19-20,22H,3,5-6,9-12,14-15H2,1-2H3,(H,32,37)(H,33,36)(H4,28,29,31)/t19-,20-,22-/m0/s1. The SMILES string of the molecule is C=NCc1cccc(C(=O)N[C@H](C(=O)N2CCC[C@H]2C(=O)N[C@@H](CCCN=C(N)N)C(=O)CF)C(C)C)c1. The van der Waals surface area contributed by atoms with Gasteiger partial charge in [0.1, 0.15) is 18.8 Å². The highest BCUT2D eigenvalue weighted by Gasteiger charge is 2.39. The molecule has 1 saturated heterocycles. The Hall–Kier alpha value is -3.83. The molecular formula is C26H38FN7O4. The van der Waals surface area contributed by atoms with Gasteiger partial charge in [-0.05, 0) is 56.0 Å². The number of hydrogen-bond acceptors (Lipinski definition) is 6. The van der Waals surface area contributed by atoms with Crippen molar-refractivity contribution in [3.63, 3.8) is 0 Å². The summed E-state index contributed by atoms with van der Waals surface area (Å²) in [6, 6.07) is 4.12. The van der Waals surface area contributed by atoms with E-state index in [0.29, 0.717) is 37.9 Å². The van der Waals surface area contributed by atoms with E-state index in [2.05, 4.69) is 27.3 Å². The summed E-state index contributed by atoms with van der Waals surface area (Å²) in [6.45, 7) is 6.75. The molecule has 12 heteroatoms. The first kappa shape index (κ1) is 30.4. The number of amides is 3. The molecule has 2 rings (SSSR count). The maximum Gasteiger partial charge on any atom is 0.251 e. The maximum atomic E-state index is 13.5. The van der Waals surface area contributed by atoms with Crippen molar-refractivity contribution in [2.45, 2.75) is 64.2 Å². The summed E-state index contributed by atoms with van der Waals surface area (Å²) in [6.07, 6.45) is 1.47. The minimum Gasteiger partial charge on any atom is -0.370 e. The number of Topliss-reactive ketones (excluding diaryl/α,β-unsaturated/α-hetero) is 1. The Morgan fingerprint density at radius 1 is 1.21 bits per heavy atom. The Morgan fingerprint density at radius 3 is 2.58 bits per heavy atom. The van der Waals surface area contributed by atoms with Crippen molar-refractivity contribution in [2.24, 2.45) is 27.4 Å². The molecule has 0 radical (unpaired) electrons. The zero-order chi connectivity index (χ0) is 28.2. The van der Waals surface area contributed by atoms with E-state index in [0.717, 1.165) is 5.56 Å². The van der Waals surface area contributed by atoms with Gasteiger partial charge in [0.2, 0.25) is 11.8 Å². The Labute approximate surface area is 222 Å². The Bertz CT molecular complexity index is 1040. The predicted octanol–water partition coefficient (Wildman–Crippen LogP) is 0.710. The molecule has 208 valence electrons. The lowest BCUT2D eigenvalue weighted by Gasteiger charge is -2.31. The van der Waals surface area contributed by atoms with Crippen molar-refractivity contribution in [2.75, 3.05) is 19.8 Å². The lowest BCUT2D eigenvalue weighted by Crippen LogP contribution is -2.56. The first-order chi connectivity index (χ1) is 18.1. The molecule has 0 saturated carbocycles. The third kappa shape index (κ3) is 8.63. The van der Waals surface area contributed by atoms with Gasteiger partial charge in [-0.3, -0.25) is 29.2 Å². The number of guanidine groups is 1. The molecule has 0 aliphatic carbocycles. The average Bonchev–Trinajstić information content (AvgIpc) is 3.38. The number of carbonyl (C=O) groups is 4.